The van der Waals surface area contributed by atoms with E-state index in [4.69, 9.17) is 0 Å². The highest BCUT2D eigenvalue weighted by Gasteiger charge is 2.19. The van der Waals surface area contributed by atoms with Crippen molar-refractivity contribution in [3.63, 3.8) is 0 Å². The van der Waals surface area contributed by atoms with Gasteiger partial charge < -0.3 is 14.8 Å². The molecule has 1 amide bonds. The number of nitrogens with one attached hydrogen (secondary N) is 2. The Morgan fingerprint density at radius 1 is 0.967 bits per heavy atom. The maximum Gasteiger partial charge on any atom is 0.251 e. The molecule has 5 heteroatoms. The van der Waals surface area contributed by atoms with Crippen LogP contribution in [0.3, 0.4) is 0 Å². The van der Waals surface area contributed by atoms with E-state index in [1.54, 1.807) is 7.05 Å². The zero-order valence-electron chi connectivity index (χ0n) is 18.2. The number of likely N-dealkylation sites (N-methyl/N-ethyl adjacent to an activating group) is 1. The summed E-state index contributed by atoms with van der Waals surface area (Å²) < 4.78 is 2.20. The Bertz CT molecular complexity index is 1020. The zero-order valence-corrected chi connectivity index (χ0v) is 18.2. The lowest BCUT2D eigenvalue weighted by Crippen LogP contribution is -3.08. The van der Waals surface area contributed by atoms with Crippen LogP contribution in [0.4, 0.5) is 0 Å². The molecule has 1 aromatic heterocycles. The van der Waals surface area contributed by atoms with Crippen molar-refractivity contribution in [3.05, 3.63) is 94.3 Å². The van der Waals surface area contributed by atoms with E-state index in [1.165, 1.54) is 5.56 Å². The van der Waals surface area contributed by atoms with Crippen molar-refractivity contribution in [1.29, 1.82) is 0 Å². The molecule has 5 nitrogen and oxygen atoms in total. The van der Waals surface area contributed by atoms with Gasteiger partial charge in [-0.3, -0.25) is 9.59 Å². The van der Waals surface area contributed by atoms with Gasteiger partial charge in [-0.05, 0) is 37.6 Å². The van der Waals surface area contributed by atoms with Crippen LogP contribution in [0, 0.1) is 13.8 Å². The second-order valence-corrected chi connectivity index (χ2v) is 7.87. The van der Waals surface area contributed by atoms with Crippen LogP contribution in [-0.2, 0) is 13.1 Å². The number of aryl methyl sites for hydroxylation is 1. The Morgan fingerprint density at radius 3 is 2.27 bits per heavy atom. The highest BCUT2D eigenvalue weighted by Crippen LogP contribution is 2.17. The molecule has 30 heavy (non-hydrogen) atoms. The van der Waals surface area contributed by atoms with E-state index in [-0.39, 0.29) is 11.7 Å². The van der Waals surface area contributed by atoms with Gasteiger partial charge in [-0.25, -0.2) is 0 Å². The van der Waals surface area contributed by atoms with Gasteiger partial charge in [0.1, 0.15) is 13.1 Å². The summed E-state index contributed by atoms with van der Waals surface area (Å²) in [5.41, 5.74) is 5.88. The van der Waals surface area contributed by atoms with Crippen molar-refractivity contribution in [2.75, 3.05) is 20.6 Å². The van der Waals surface area contributed by atoms with Gasteiger partial charge in [-0.1, -0.05) is 42.5 Å². The summed E-state index contributed by atoms with van der Waals surface area (Å²) in [6.07, 6.45) is 0. The van der Waals surface area contributed by atoms with E-state index in [0.29, 0.717) is 12.1 Å². The molecule has 0 saturated heterocycles. The first-order valence-corrected chi connectivity index (χ1v) is 10.2. The van der Waals surface area contributed by atoms with E-state index < -0.39 is 0 Å². The number of carbonyl (C=O) groups excluding carboxylic acids is 2. The molecule has 0 bridgehead atoms. The van der Waals surface area contributed by atoms with Crippen LogP contribution < -0.4 is 10.2 Å². The lowest BCUT2D eigenvalue weighted by Gasteiger charge is -2.14. The van der Waals surface area contributed by atoms with Gasteiger partial charge >= 0.3 is 0 Å². The molecule has 0 radical (unpaired) electrons. The number of benzene rings is 2. The molecule has 156 valence electrons. The Balaban J connectivity index is 1.65. The number of hydrogen-bond acceptors (Lipinski definition) is 2. The van der Waals surface area contributed by atoms with E-state index in [9.17, 15) is 9.59 Å². The van der Waals surface area contributed by atoms with Crippen molar-refractivity contribution >= 4 is 11.7 Å². The monoisotopic (exact) mass is 404 g/mol. The van der Waals surface area contributed by atoms with Crippen LogP contribution in [-0.4, -0.2) is 36.9 Å². The fourth-order valence-electron chi connectivity index (χ4n) is 3.79. The summed E-state index contributed by atoms with van der Waals surface area (Å²) in [6, 6.07) is 19.8. The van der Waals surface area contributed by atoms with Gasteiger partial charge in [0.2, 0.25) is 5.78 Å². The Morgan fingerprint density at radius 2 is 1.63 bits per heavy atom. The smallest absolute Gasteiger partial charge is 0.251 e. The normalized spacial score (nSPS) is 11.9. The van der Waals surface area contributed by atoms with Crippen molar-refractivity contribution < 1.29 is 14.5 Å². The Labute approximate surface area is 178 Å². The predicted octanol–water partition coefficient (Wildman–Crippen LogP) is 2.41. The third kappa shape index (κ3) is 5.05. The summed E-state index contributed by atoms with van der Waals surface area (Å²) in [6.45, 7) is 5.99. The molecule has 1 unspecified atom stereocenters. The zero-order chi connectivity index (χ0) is 21.7. The fraction of sp³-hybridized carbons (Fsp3) is 0.280. The first-order chi connectivity index (χ1) is 14.4. The van der Waals surface area contributed by atoms with Crippen molar-refractivity contribution in [2.24, 2.45) is 0 Å². The Kier molecular flexibility index (Phi) is 6.85. The number of carbonyl (C=O) groups is 2. The summed E-state index contributed by atoms with van der Waals surface area (Å²) in [5, 5.41) is 2.62. The van der Waals surface area contributed by atoms with Crippen LogP contribution in [0.2, 0.25) is 0 Å². The molecule has 0 aliphatic carbocycles. The lowest BCUT2D eigenvalue weighted by atomic mass is 10.1. The third-order valence-corrected chi connectivity index (χ3v) is 5.47. The number of rotatable bonds is 8. The quantitative estimate of drug-likeness (QED) is 0.567. The molecule has 0 aliphatic heterocycles. The first kappa shape index (κ1) is 21.5. The van der Waals surface area contributed by atoms with Gasteiger partial charge in [-0.15, -0.1) is 0 Å². The molecule has 2 N–H and O–H groups in total. The fourth-order valence-corrected chi connectivity index (χ4v) is 3.79. The van der Waals surface area contributed by atoms with Crippen LogP contribution in [0.25, 0.3) is 0 Å². The number of hydrogen-bond donors (Lipinski definition) is 2. The van der Waals surface area contributed by atoms with Crippen LogP contribution in [0.15, 0.2) is 60.7 Å². The van der Waals surface area contributed by atoms with E-state index in [2.05, 4.69) is 28.9 Å². The average molecular weight is 405 g/mol. The highest BCUT2D eigenvalue weighted by atomic mass is 16.1. The maximum absolute atomic E-state index is 13.0. The second-order valence-electron chi connectivity index (χ2n) is 7.87. The van der Waals surface area contributed by atoms with Crippen LogP contribution in [0.1, 0.15) is 43.2 Å². The predicted molar refractivity (Wildman–Crippen MR) is 119 cm³/mol. The van der Waals surface area contributed by atoms with Crippen molar-refractivity contribution in [2.45, 2.75) is 26.9 Å². The number of nitrogens with zero attached hydrogens (tertiary/aromatic N) is 1. The van der Waals surface area contributed by atoms with Crippen LogP contribution >= 0.6 is 0 Å². The van der Waals surface area contributed by atoms with Crippen molar-refractivity contribution in [3.8, 4) is 0 Å². The molecular formula is C25H30N3O2+. The summed E-state index contributed by atoms with van der Waals surface area (Å²) in [4.78, 5) is 25.8. The largest absolute Gasteiger partial charge is 0.355 e. The molecule has 3 rings (SSSR count). The van der Waals surface area contributed by atoms with E-state index in [1.807, 2.05) is 62.5 Å². The second kappa shape index (κ2) is 9.55. The average Bonchev–Trinajstić information content (AvgIpc) is 3.02. The van der Waals surface area contributed by atoms with Crippen molar-refractivity contribution in [1.82, 2.24) is 9.88 Å². The topological polar surface area (TPSA) is 55.5 Å². The molecule has 2 aromatic carbocycles. The minimum Gasteiger partial charge on any atom is -0.355 e. The number of aromatic nitrogens is 1. The lowest BCUT2D eigenvalue weighted by molar-refractivity contribution is -0.884. The first-order valence-electron chi connectivity index (χ1n) is 10.2. The van der Waals surface area contributed by atoms with Gasteiger partial charge in [0.15, 0.2) is 0 Å². The van der Waals surface area contributed by atoms with Gasteiger partial charge in [-0.2, -0.15) is 0 Å². The van der Waals surface area contributed by atoms with Gasteiger partial charge in [0.05, 0.1) is 7.05 Å². The molecular weight excluding hydrogens is 374 g/mol. The molecule has 0 saturated carbocycles. The van der Waals surface area contributed by atoms with E-state index >= 15 is 0 Å². The number of Topliss-reactive ketones (excluding diaryl/α,β-unsaturated/α-hetero) is 1. The molecule has 1 heterocycles. The molecule has 0 spiro atoms. The minimum absolute atomic E-state index is 0.0942. The number of amides is 1. The summed E-state index contributed by atoms with van der Waals surface area (Å²) in [5.74, 6) is 0.0604. The maximum atomic E-state index is 13.0. The Hall–Kier alpha value is -3.18. The minimum atomic E-state index is -0.0942. The standard InChI is InChI=1S/C25H29N3O2/c1-18-14-23(19(2)28(18)16-20-8-6-5-7-9-20)24(29)17-27(4)15-21-10-12-22(13-11-21)25(30)26-3/h5-14H,15-17H2,1-4H3,(H,26,30)/p+1. The van der Waals surface area contributed by atoms with Crippen LogP contribution in [0.5, 0.6) is 0 Å². The summed E-state index contributed by atoms with van der Waals surface area (Å²) >= 11 is 0. The van der Waals surface area contributed by atoms with Gasteiger partial charge in [0, 0.05) is 41.7 Å². The molecule has 3 aromatic rings. The summed E-state index contributed by atoms with van der Waals surface area (Å²) in [7, 11) is 3.64. The molecule has 0 fully saturated rings. The molecule has 0 aliphatic rings. The SMILES string of the molecule is CNC(=O)c1ccc(C[NH+](C)CC(=O)c2cc(C)n(Cc3ccccc3)c2C)cc1. The highest BCUT2D eigenvalue weighted by molar-refractivity contribution is 5.98. The van der Waals surface area contributed by atoms with Gasteiger partial charge in [0.25, 0.3) is 5.91 Å². The number of quaternary nitrogens is 1. The molecule has 1 atom stereocenters. The van der Waals surface area contributed by atoms with E-state index in [0.717, 1.165) is 40.5 Å². The third-order valence-electron chi connectivity index (χ3n) is 5.47. The number of ketones is 1.